The standard InChI is InChI=1S/C31H27F2N5O2/c1-3-40-24-12-7-9-21(17-24)29-28-13-8-16-36(28)30-25(20(2)35-38(30)23-10-5-4-6-11-23)19-37(29)31(39)34-27-15-14-22(32)18-26(27)33/h4-18,29H,3,19H2,1-2H3,(H,34,39). The van der Waals surface area contributed by atoms with Crippen LogP contribution in [0, 0.1) is 18.6 Å². The summed E-state index contributed by atoms with van der Waals surface area (Å²) in [5.74, 6) is -0.0770. The third-order valence-electron chi connectivity index (χ3n) is 7.01. The minimum absolute atomic E-state index is 0.107. The van der Waals surface area contributed by atoms with Crippen LogP contribution in [-0.4, -0.2) is 31.9 Å². The summed E-state index contributed by atoms with van der Waals surface area (Å²) < 4.78 is 37.9. The molecule has 1 unspecified atom stereocenters. The quantitative estimate of drug-likeness (QED) is 0.268. The Labute approximate surface area is 230 Å². The fourth-order valence-electron chi connectivity index (χ4n) is 5.22. The smallest absolute Gasteiger partial charge is 0.323 e. The molecule has 202 valence electrons. The van der Waals surface area contributed by atoms with E-state index in [-0.39, 0.29) is 12.2 Å². The second-order valence-electron chi connectivity index (χ2n) is 9.53. The van der Waals surface area contributed by atoms with Crippen LogP contribution in [0.1, 0.15) is 35.5 Å². The van der Waals surface area contributed by atoms with Gasteiger partial charge in [0.1, 0.15) is 23.2 Å². The second-order valence-corrected chi connectivity index (χ2v) is 9.53. The largest absolute Gasteiger partial charge is 0.494 e. The van der Waals surface area contributed by atoms with Crippen LogP contribution in [0.2, 0.25) is 0 Å². The Morgan fingerprint density at radius 2 is 1.85 bits per heavy atom. The summed E-state index contributed by atoms with van der Waals surface area (Å²) in [7, 11) is 0. The Hall–Kier alpha value is -4.92. The number of para-hydroxylation sites is 1. The van der Waals surface area contributed by atoms with Gasteiger partial charge in [0.15, 0.2) is 0 Å². The minimum Gasteiger partial charge on any atom is -0.494 e. The molecular formula is C31H27F2N5O2. The topological polar surface area (TPSA) is 64.3 Å². The molecule has 1 N–H and O–H groups in total. The molecule has 7 nitrogen and oxygen atoms in total. The predicted octanol–water partition coefficient (Wildman–Crippen LogP) is 6.79. The number of amides is 2. The molecule has 0 fully saturated rings. The zero-order valence-corrected chi connectivity index (χ0v) is 22.0. The predicted molar refractivity (Wildman–Crippen MR) is 148 cm³/mol. The van der Waals surface area contributed by atoms with Gasteiger partial charge in [-0.05, 0) is 67.9 Å². The molecule has 0 saturated heterocycles. The molecule has 6 rings (SSSR count). The maximum absolute atomic E-state index is 14.6. The van der Waals surface area contributed by atoms with Crippen molar-refractivity contribution in [1.82, 2.24) is 19.2 Å². The van der Waals surface area contributed by atoms with Crippen molar-refractivity contribution >= 4 is 11.7 Å². The van der Waals surface area contributed by atoms with Gasteiger partial charge in [0.2, 0.25) is 0 Å². The number of fused-ring (bicyclic) bond motifs is 3. The molecule has 0 radical (unpaired) electrons. The van der Waals surface area contributed by atoms with Crippen molar-refractivity contribution in [3.05, 3.63) is 125 Å². The van der Waals surface area contributed by atoms with E-state index >= 15 is 0 Å². The summed E-state index contributed by atoms with van der Waals surface area (Å²) in [6.07, 6.45) is 1.95. The Balaban J connectivity index is 1.53. The Bertz CT molecular complexity index is 1700. The van der Waals surface area contributed by atoms with E-state index in [1.54, 1.807) is 4.90 Å². The van der Waals surface area contributed by atoms with Crippen molar-refractivity contribution in [2.24, 2.45) is 0 Å². The molecule has 5 aromatic rings. The number of carbonyl (C=O) groups excluding carboxylic acids is 1. The van der Waals surface area contributed by atoms with Crippen molar-refractivity contribution in [3.8, 4) is 17.3 Å². The number of carbonyl (C=O) groups is 1. The Morgan fingerprint density at radius 3 is 2.62 bits per heavy atom. The summed E-state index contributed by atoms with van der Waals surface area (Å²) in [5.41, 5.74) is 4.02. The number of ether oxygens (including phenoxy) is 1. The molecule has 2 aromatic heterocycles. The molecule has 0 bridgehead atoms. The van der Waals surface area contributed by atoms with Crippen LogP contribution in [0.5, 0.6) is 5.75 Å². The van der Waals surface area contributed by atoms with E-state index in [9.17, 15) is 13.6 Å². The van der Waals surface area contributed by atoms with Crippen LogP contribution in [-0.2, 0) is 6.54 Å². The maximum Gasteiger partial charge on any atom is 0.323 e. The highest BCUT2D eigenvalue weighted by molar-refractivity contribution is 5.90. The first-order valence-corrected chi connectivity index (χ1v) is 13.0. The lowest BCUT2D eigenvalue weighted by molar-refractivity contribution is 0.194. The number of nitrogens with one attached hydrogen (secondary N) is 1. The van der Waals surface area contributed by atoms with Gasteiger partial charge in [-0.25, -0.2) is 18.3 Å². The Morgan fingerprint density at radius 1 is 1.02 bits per heavy atom. The minimum atomic E-state index is -0.852. The zero-order valence-electron chi connectivity index (χ0n) is 22.0. The van der Waals surface area contributed by atoms with Crippen LogP contribution in [0.4, 0.5) is 19.3 Å². The van der Waals surface area contributed by atoms with Crippen LogP contribution in [0.15, 0.2) is 91.1 Å². The van der Waals surface area contributed by atoms with Crippen molar-refractivity contribution in [2.45, 2.75) is 26.4 Å². The summed E-state index contributed by atoms with van der Waals surface area (Å²) in [5, 5.41) is 7.50. The van der Waals surface area contributed by atoms with Gasteiger partial charge in [-0.1, -0.05) is 30.3 Å². The highest BCUT2D eigenvalue weighted by atomic mass is 19.1. The third kappa shape index (κ3) is 4.49. The van der Waals surface area contributed by atoms with Crippen molar-refractivity contribution in [3.63, 3.8) is 0 Å². The van der Waals surface area contributed by atoms with Gasteiger partial charge in [0.25, 0.3) is 0 Å². The summed E-state index contributed by atoms with van der Waals surface area (Å²) in [4.78, 5) is 15.6. The number of hydrogen-bond acceptors (Lipinski definition) is 3. The van der Waals surface area contributed by atoms with Crippen LogP contribution in [0.25, 0.3) is 11.5 Å². The van der Waals surface area contributed by atoms with Crippen molar-refractivity contribution in [2.75, 3.05) is 11.9 Å². The van der Waals surface area contributed by atoms with Gasteiger partial charge in [0, 0.05) is 17.8 Å². The van der Waals surface area contributed by atoms with Crippen molar-refractivity contribution < 1.29 is 18.3 Å². The van der Waals surface area contributed by atoms with E-state index < -0.39 is 23.7 Å². The average Bonchev–Trinajstić information content (AvgIpc) is 3.51. The van der Waals surface area contributed by atoms with Gasteiger partial charge < -0.3 is 19.5 Å². The van der Waals surface area contributed by atoms with E-state index in [1.807, 2.05) is 96.0 Å². The fraction of sp³-hybridized carbons (Fsp3) is 0.161. The van der Waals surface area contributed by atoms with E-state index in [0.717, 1.165) is 46.2 Å². The number of halogens is 2. The number of aromatic nitrogens is 3. The normalized spacial score (nSPS) is 14.3. The molecule has 3 heterocycles. The summed E-state index contributed by atoms with van der Waals surface area (Å²) >= 11 is 0. The van der Waals surface area contributed by atoms with Gasteiger partial charge in [0.05, 0.1) is 42.0 Å². The van der Waals surface area contributed by atoms with E-state index in [2.05, 4.69) is 5.32 Å². The van der Waals surface area contributed by atoms with Gasteiger partial charge >= 0.3 is 6.03 Å². The number of hydrogen-bond donors (Lipinski definition) is 1. The lowest BCUT2D eigenvalue weighted by atomic mass is 10.0. The van der Waals surface area contributed by atoms with E-state index in [1.165, 1.54) is 6.07 Å². The maximum atomic E-state index is 14.6. The van der Waals surface area contributed by atoms with Gasteiger partial charge in [-0.3, -0.25) is 0 Å². The molecule has 0 spiro atoms. The fourth-order valence-corrected chi connectivity index (χ4v) is 5.22. The molecule has 1 atom stereocenters. The van der Waals surface area contributed by atoms with E-state index in [0.29, 0.717) is 12.4 Å². The van der Waals surface area contributed by atoms with Gasteiger partial charge in [-0.2, -0.15) is 5.10 Å². The molecule has 1 aliphatic heterocycles. The van der Waals surface area contributed by atoms with E-state index in [4.69, 9.17) is 9.84 Å². The molecule has 0 aliphatic carbocycles. The lowest BCUT2D eigenvalue weighted by Crippen LogP contribution is -2.38. The second kappa shape index (κ2) is 10.3. The zero-order chi connectivity index (χ0) is 27.8. The third-order valence-corrected chi connectivity index (χ3v) is 7.01. The number of benzene rings is 3. The first-order valence-electron chi connectivity index (χ1n) is 13.0. The number of rotatable bonds is 5. The molecular weight excluding hydrogens is 512 g/mol. The highest BCUT2D eigenvalue weighted by Gasteiger charge is 2.36. The number of nitrogens with zero attached hydrogens (tertiary/aromatic N) is 4. The SMILES string of the molecule is CCOc1cccc(C2c3cccn3-c3c(c(C)nn3-c3ccccc3)CN2C(=O)Nc2ccc(F)cc2F)c1. The highest BCUT2D eigenvalue weighted by Crippen LogP contribution is 2.39. The molecule has 0 saturated carbocycles. The molecule has 2 amide bonds. The number of urea groups is 1. The first kappa shape index (κ1) is 25.4. The van der Waals surface area contributed by atoms with Crippen LogP contribution in [0.3, 0.4) is 0 Å². The summed E-state index contributed by atoms with van der Waals surface area (Å²) in [6.45, 7) is 4.51. The van der Waals surface area contributed by atoms with Crippen LogP contribution < -0.4 is 10.1 Å². The lowest BCUT2D eigenvalue weighted by Gasteiger charge is -2.31. The first-order chi connectivity index (χ1) is 19.4. The van der Waals surface area contributed by atoms with Gasteiger partial charge in [-0.15, -0.1) is 0 Å². The molecule has 9 heteroatoms. The Kier molecular flexibility index (Phi) is 6.55. The molecule has 1 aliphatic rings. The van der Waals surface area contributed by atoms with Crippen LogP contribution >= 0.6 is 0 Å². The monoisotopic (exact) mass is 539 g/mol. The summed E-state index contributed by atoms with van der Waals surface area (Å²) in [6, 6.07) is 23.3. The number of aryl methyl sites for hydroxylation is 1. The average molecular weight is 540 g/mol. The molecule has 3 aromatic carbocycles. The van der Waals surface area contributed by atoms with Crippen molar-refractivity contribution in [1.29, 1.82) is 0 Å². The molecule has 40 heavy (non-hydrogen) atoms. The number of anilines is 1.